The standard InChI is InChI=1S/C26H25N3O2/c1-17(20-9-5-4-6-10-20)16-25(30)28-23-14-13-21(15-18(23)2)29-19(3)27-24-12-8-7-11-22(24)26(29)31/h4-15,17H,16H2,1-3H3,(H,28,30)/t17-/m1/s1. The number of carbonyl (C=O) groups is 1. The zero-order valence-corrected chi connectivity index (χ0v) is 17.9. The molecule has 0 spiro atoms. The number of amides is 1. The second-order valence-electron chi connectivity index (χ2n) is 7.88. The van der Waals surface area contributed by atoms with Gasteiger partial charge in [0.15, 0.2) is 0 Å². The van der Waals surface area contributed by atoms with E-state index in [1.807, 2.05) is 87.5 Å². The van der Waals surface area contributed by atoms with Crippen molar-refractivity contribution >= 4 is 22.5 Å². The molecule has 5 nitrogen and oxygen atoms in total. The van der Waals surface area contributed by atoms with Gasteiger partial charge in [0.1, 0.15) is 5.82 Å². The minimum atomic E-state index is -0.101. The molecule has 0 saturated heterocycles. The molecule has 156 valence electrons. The monoisotopic (exact) mass is 411 g/mol. The summed E-state index contributed by atoms with van der Waals surface area (Å²) in [5.74, 6) is 0.718. The first-order valence-electron chi connectivity index (χ1n) is 10.4. The average Bonchev–Trinajstić information content (AvgIpc) is 2.76. The Morgan fingerprint density at radius 1 is 1.00 bits per heavy atom. The van der Waals surface area contributed by atoms with Crippen LogP contribution in [-0.4, -0.2) is 15.5 Å². The van der Waals surface area contributed by atoms with Gasteiger partial charge < -0.3 is 5.32 Å². The van der Waals surface area contributed by atoms with Crippen molar-refractivity contribution in [2.75, 3.05) is 5.32 Å². The molecule has 31 heavy (non-hydrogen) atoms. The summed E-state index contributed by atoms with van der Waals surface area (Å²) in [4.78, 5) is 30.2. The van der Waals surface area contributed by atoms with Gasteiger partial charge in [0.05, 0.1) is 16.6 Å². The molecule has 1 heterocycles. The van der Waals surface area contributed by atoms with E-state index in [4.69, 9.17) is 0 Å². The first kappa shape index (κ1) is 20.5. The van der Waals surface area contributed by atoms with Gasteiger partial charge in [-0.1, -0.05) is 49.4 Å². The molecule has 1 aromatic heterocycles. The van der Waals surface area contributed by atoms with Gasteiger partial charge in [-0.3, -0.25) is 14.2 Å². The maximum absolute atomic E-state index is 13.0. The fourth-order valence-corrected chi connectivity index (χ4v) is 3.85. The highest BCUT2D eigenvalue weighted by molar-refractivity contribution is 5.92. The molecule has 5 heteroatoms. The molecule has 0 aliphatic heterocycles. The molecule has 0 fully saturated rings. The Labute approximate surface area is 181 Å². The predicted molar refractivity (Wildman–Crippen MR) is 125 cm³/mol. The van der Waals surface area contributed by atoms with E-state index in [1.165, 1.54) is 0 Å². The Hall–Kier alpha value is -3.73. The smallest absolute Gasteiger partial charge is 0.265 e. The Kier molecular flexibility index (Phi) is 5.67. The third kappa shape index (κ3) is 4.26. The van der Waals surface area contributed by atoms with E-state index in [1.54, 1.807) is 10.6 Å². The summed E-state index contributed by atoms with van der Waals surface area (Å²) in [5, 5.41) is 3.59. The molecule has 1 N–H and O–H groups in total. The van der Waals surface area contributed by atoms with Crippen LogP contribution in [0.15, 0.2) is 77.6 Å². The molecule has 0 bridgehead atoms. The lowest BCUT2D eigenvalue weighted by molar-refractivity contribution is -0.116. The minimum absolute atomic E-state index is 0.0343. The van der Waals surface area contributed by atoms with Crippen LogP contribution in [0.3, 0.4) is 0 Å². The van der Waals surface area contributed by atoms with E-state index < -0.39 is 0 Å². The van der Waals surface area contributed by atoms with Crippen LogP contribution in [0.5, 0.6) is 0 Å². The summed E-state index contributed by atoms with van der Waals surface area (Å²) in [6.45, 7) is 5.80. The van der Waals surface area contributed by atoms with Gasteiger partial charge >= 0.3 is 0 Å². The Bertz CT molecular complexity index is 1310. The number of fused-ring (bicyclic) bond motifs is 1. The van der Waals surface area contributed by atoms with Crippen molar-refractivity contribution in [1.82, 2.24) is 9.55 Å². The van der Waals surface area contributed by atoms with Gasteiger partial charge in [-0.05, 0) is 61.2 Å². The lowest BCUT2D eigenvalue weighted by Gasteiger charge is -2.15. The molecule has 0 unspecified atom stereocenters. The van der Waals surface area contributed by atoms with E-state index in [0.29, 0.717) is 23.1 Å². The van der Waals surface area contributed by atoms with Crippen molar-refractivity contribution in [3.8, 4) is 5.69 Å². The fraction of sp³-hybridized carbons (Fsp3) is 0.192. The van der Waals surface area contributed by atoms with E-state index in [-0.39, 0.29) is 17.4 Å². The summed E-state index contributed by atoms with van der Waals surface area (Å²) in [6, 6.07) is 22.9. The summed E-state index contributed by atoms with van der Waals surface area (Å²) in [6.07, 6.45) is 0.401. The molecular formula is C26H25N3O2. The number of aromatic nitrogens is 2. The zero-order valence-electron chi connectivity index (χ0n) is 17.9. The van der Waals surface area contributed by atoms with Gasteiger partial charge in [0.25, 0.3) is 5.56 Å². The summed E-state index contributed by atoms with van der Waals surface area (Å²) in [5.41, 5.74) is 4.09. The normalized spacial score (nSPS) is 12.0. The highest BCUT2D eigenvalue weighted by Crippen LogP contribution is 2.23. The molecule has 3 aromatic carbocycles. The lowest BCUT2D eigenvalue weighted by atomic mass is 9.97. The van der Waals surface area contributed by atoms with Gasteiger partial charge in [0, 0.05) is 12.1 Å². The van der Waals surface area contributed by atoms with Gasteiger partial charge in [-0.2, -0.15) is 0 Å². The number of carbonyl (C=O) groups excluding carboxylic acids is 1. The minimum Gasteiger partial charge on any atom is -0.326 e. The van der Waals surface area contributed by atoms with Crippen molar-refractivity contribution in [2.45, 2.75) is 33.1 Å². The number of rotatable bonds is 5. The van der Waals surface area contributed by atoms with Crippen LogP contribution in [-0.2, 0) is 4.79 Å². The molecule has 0 saturated carbocycles. The van der Waals surface area contributed by atoms with Crippen LogP contribution in [0.2, 0.25) is 0 Å². The second kappa shape index (κ2) is 8.56. The summed E-state index contributed by atoms with van der Waals surface area (Å²) >= 11 is 0. The SMILES string of the molecule is Cc1cc(-n2c(C)nc3ccccc3c2=O)ccc1NC(=O)C[C@@H](C)c1ccccc1. The van der Waals surface area contributed by atoms with Crippen LogP contribution in [0.4, 0.5) is 5.69 Å². The molecule has 4 aromatic rings. The summed E-state index contributed by atoms with van der Waals surface area (Å²) in [7, 11) is 0. The topological polar surface area (TPSA) is 64.0 Å². The third-order valence-electron chi connectivity index (χ3n) is 5.55. The quantitative estimate of drug-likeness (QED) is 0.495. The lowest BCUT2D eigenvalue weighted by Crippen LogP contribution is -2.22. The van der Waals surface area contributed by atoms with Crippen LogP contribution < -0.4 is 10.9 Å². The second-order valence-corrected chi connectivity index (χ2v) is 7.88. The fourth-order valence-electron chi connectivity index (χ4n) is 3.85. The van der Waals surface area contributed by atoms with Crippen LogP contribution >= 0.6 is 0 Å². The first-order valence-corrected chi connectivity index (χ1v) is 10.4. The van der Waals surface area contributed by atoms with E-state index in [2.05, 4.69) is 10.3 Å². The van der Waals surface area contributed by atoms with Crippen molar-refractivity contribution in [3.63, 3.8) is 0 Å². The van der Waals surface area contributed by atoms with Crippen LogP contribution in [0, 0.1) is 13.8 Å². The van der Waals surface area contributed by atoms with E-state index in [0.717, 1.165) is 22.5 Å². The van der Waals surface area contributed by atoms with Crippen molar-refractivity contribution < 1.29 is 4.79 Å². The Balaban J connectivity index is 1.57. The number of nitrogens with one attached hydrogen (secondary N) is 1. The molecule has 1 atom stereocenters. The summed E-state index contributed by atoms with van der Waals surface area (Å²) < 4.78 is 1.61. The number of anilines is 1. The number of hydrogen-bond donors (Lipinski definition) is 1. The average molecular weight is 412 g/mol. The predicted octanol–water partition coefficient (Wildman–Crippen LogP) is 5.13. The molecule has 0 radical (unpaired) electrons. The van der Waals surface area contributed by atoms with Gasteiger partial charge in [-0.25, -0.2) is 4.98 Å². The molecule has 1 amide bonds. The number of nitrogens with zero attached hydrogens (tertiary/aromatic N) is 2. The van der Waals surface area contributed by atoms with Crippen molar-refractivity contribution in [1.29, 1.82) is 0 Å². The number of aryl methyl sites for hydroxylation is 2. The van der Waals surface area contributed by atoms with Crippen molar-refractivity contribution in [2.24, 2.45) is 0 Å². The molecule has 0 aliphatic carbocycles. The maximum Gasteiger partial charge on any atom is 0.265 e. The largest absolute Gasteiger partial charge is 0.326 e. The van der Waals surface area contributed by atoms with Crippen molar-refractivity contribution in [3.05, 3.63) is 100 Å². The zero-order chi connectivity index (χ0) is 22.0. The van der Waals surface area contributed by atoms with E-state index in [9.17, 15) is 9.59 Å². The highest BCUT2D eigenvalue weighted by atomic mass is 16.1. The Morgan fingerprint density at radius 3 is 2.45 bits per heavy atom. The highest BCUT2D eigenvalue weighted by Gasteiger charge is 2.14. The number of hydrogen-bond acceptors (Lipinski definition) is 3. The Morgan fingerprint density at radius 2 is 1.71 bits per heavy atom. The maximum atomic E-state index is 13.0. The molecule has 0 aliphatic rings. The molecular weight excluding hydrogens is 386 g/mol. The number of para-hydroxylation sites is 1. The first-order chi connectivity index (χ1) is 14.9. The molecule has 4 rings (SSSR count). The number of benzene rings is 3. The van der Waals surface area contributed by atoms with Crippen LogP contribution in [0.1, 0.15) is 36.2 Å². The van der Waals surface area contributed by atoms with E-state index >= 15 is 0 Å². The van der Waals surface area contributed by atoms with Gasteiger partial charge in [-0.15, -0.1) is 0 Å². The third-order valence-corrected chi connectivity index (χ3v) is 5.55. The van der Waals surface area contributed by atoms with Crippen LogP contribution in [0.25, 0.3) is 16.6 Å². The van der Waals surface area contributed by atoms with Gasteiger partial charge in [0.2, 0.25) is 5.91 Å².